The minimum absolute atomic E-state index is 0.290. The van der Waals surface area contributed by atoms with Crippen LogP contribution in [-0.2, 0) is 11.2 Å². The van der Waals surface area contributed by atoms with Crippen molar-refractivity contribution in [2.24, 2.45) is 0 Å². The van der Waals surface area contributed by atoms with Crippen LogP contribution in [0.1, 0.15) is 63.3 Å². The maximum Gasteiger partial charge on any atom is 0.222 e. The van der Waals surface area contributed by atoms with E-state index >= 15 is 0 Å². The Morgan fingerprint density at radius 3 is 2.39 bits per heavy atom. The summed E-state index contributed by atoms with van der Waals surface area (Å²) < 4.78 is 1.90. The predicted octanol–water partition coefficient (Wildman–Crippen LogP) is 5.81. The Morgan fingerprint density at radius 1 is 0.842 bits per heavy atom. The molecule has 38 heavy (non-hydrogen) atoms. The second-order valence-corrected chi connectivity index (χ2v) is 10.1. The fourth-order valence-corrected chi connectivity index (χ4v) is 5.21. The molecular formula is C31H38N6O. The first-order chi connectivity index (χ1) is 18.7. The van der Waals surface area contributed by atoms with Crippen LogP contribution >= 0.6 is 0 Å². The van der Waals surface area contributed by atoms with Gasteiger partial charge in [0, 0.05) is 39.0 Å². The molecule has 1 fully saturated rings. The molecule has 2 aromatic carbocycles. The number of para-hydroxylation sites is 1. The smallest absolute Gasteiger partial charge is 0.222 e. The molecule has 0 unspecified atom stereocenters. The van der Waals surface area contributed by atoms with Gasteiger partial charge in [-0.1, -0.05) is 81.1 Å². The van der Waals surface area contributed by atoms with E-state index in [2.05, 4.69) is 28.9 Å². The van der Waals surface area contributed by atoms with Gasteiger partial charge >= 0.3 is 0 Å². The molecule has 0 saturated carbocycles. The molecule has 1 aliphatic rings. The van der Waals surface area contributed by atoms with Crippen molar-refractivity contribution in [2.75, 3.05) is 31.1 Å². The normalized spacial score (nSPS) is 14.1. The molecular weight excluding hydrogens is 472 g/mol. The molecule has 1 amide bonds. The number of nitrogens with zero attached hydrogens (tertiary/aromatic N) is 6. The van der Waals surface area contributed by atoms with Crippen molar-refractivity contribution in [1.29, 1.82) is 0 Å². The highest BCUT2D eigenvalue weighted by molar-refractivity contribution is 5.88. The van der Waals surface area contributed by atoms with Crippen molar-refractivity contribution < 1.29 is 4.79 Å². The van der Waals surface area contributed by atoms with E-state index in [1.165, 1.54) is 24.8 Å². The van der Waals surface area contributed by atoms with Crippen LogP contribution in [0.5, 0.6) is 0 Å². The van der Waals surface area contributed by atoms with Gasteiger partial charge in [-0.3, -0.25) is 4.79 Å². The molecule has 3 heterocycles. The Bertz CT molecular complexity index is 1320. The standard InChI is InChI=1S/C31H38N6O/c1-2-3-4-5-12-18-29(38)35-19-13-20-36(22-21-35)30-27-24-32-37(26-16-10-7-11-17-26)31(27)34-28(33-30)23-25-14-8-6-9-15-25/h6-11,14-17,24H,2-5,12-13,18-23H2,1H3. The number of rotatable bonds is 10. The van der Waals surface area contributed by atoms with Gasteiger partial charge in [0.05, 0.1) is 17.3 Å². The Balaban J connectivity index is 1.39. The molecule has 5 rings (SSSR count). The summed E-state index contributed by atoms with van der Waals surface area (Å²) in [5.41, 5.74) is 2.97. The van der Waals surface area contributed by atoms with E-state index < -0.39 is 0 Å². The number of hydrogen-bond donors (Lipinski definition) is 0. The monoisotopic (exact) mass is 510 g/mol. The van der Waals surface area contributed by atoms with E-state index in [4.69, 9.17) is 15.1 Å². The third kappa shape index (κ3) is 6.21. The summed E-state index contributed by atoms with van der Waals surface area (Å²) in [5, 5.41) is 5.66. The Kier molecular flexibility index (Phi) is 8.64. The van der Waals surface area contributed by atoms with E-state index in [9.17, 15) is 4.79 Å². The van der Waals surface area contributed by atoms with Crippen LogP contribution in [0, 0.1) is 0 Å². The number of aromatic nitrogens is 4. The summed E-state index contributed by atoms with van der Waals surface area (Å²) in [6.07, 6.45) is 9.97. The lowest BCUT2D eigenvalue weighted by Gasteiger charge is -2.24. The molecule has 0 radical (unpaired) electrons. The van der Waals surface area contributed by atoms with Gasteiger partial charge in [-0.25, -0.2) is 14.6 Å². The zero-order valence-electron chi connectivity index (χ0n) is 22.4. The average molecular weight is 511 g/mol. The summed E-state index contributed by atoms with van der Waals surface area (Å²) >= 11 is 0. The molecule has 0 bridgehead atoms. The number of anilines is 1. The lowest BCUT2D eigenvalue weighted by atomic mass is 10.1. The van der Waals surface area contributed by atoms with Gasteiger partial charge in [0.25, 0.3) is 0 Å². The first-order valence-corrected chi connectivity index (χ1v) is 14.1. The Labute approximate surface area is 225 Å². The van der Waals surface area contributed by atoms with Gasteiger partial charge in [0.2, 0.25) is 5.91 Å². The molecule has 0 atom stereocenters. The maximum atomic E-state index is 12.9. The van der Waals surface area contributed by atoms with E-state index in [1.54, 1.807) is 0 Å². The number of unbranched alkanes of at least 4 members (excludes halogenated alkanes) is 4. The number of benzene rings is 2. The minimum Gasteiger partial charge on any atom is -0.354 e. The van der Waals surface area contributed by atoms with E-state index in [0.29, 0.717) is 12.8 Å². The highest BCUT2D eigenvalue weighted by atomic mass is 16.2. The minimum atomic E-state index is 0.290. The van der Waals surface area contributed by atoms with Crippen molar-refractivity contribution >= 4 is 22.8 Å². The lowest BCUT2D eigenvalue weighted by molar-refractivity contribution is -0.131. The number of carbonyl (C=O) groups excluding carboxylic acids is 1. The predicted molar refractivity (Wildman–Crippen MR) is 153 cm³/mol. The lowest BCUT2D eigenvalue weighted by Crippen LogP contribution is -2.35. The molecule has 7 nitrogen and oxygen atoms in total. The Morgan fingerprint density at radius 2 is 1.61 bits per heavy atom. The van der Waals surface area contributed by atoms with Crippen LogP contribution in [0.3, 0.4) is 0 Å². The van der Waals surface area contributed by atoms with E-state index in [0.717, 1.165) is 73.8 Å². The quantitative estimate of drug-likeness (QED) is 0.252. The highest BCUT2D eigenvalue weighted by Crippen LogP contribution is 2.27. The molecule has 198 valence electrons. The van der Waals surface area contributed by atoms with Crippen molar-refractivity contribution in [3.05, 3.63) is 78.2 Å². The molecule has 2 aromatic heterocycles. The third-order valence-corrected chi connectivity index (χ3v) is 7.30. The number of fused-ring (bicyclic) bond motifs is 1. The average Bonchev–Trinajstić information content (AvgIpc) is 3.22. The van der Waals surface area contributed by atoms with Crippen LogP contribution in [-0.4, -0.2) is 56.7 Å². The summed E-state index contributed by atoms with van der Waals surface area (Å²) in [5.74, 6) is 1.98. The summed E-state index contributed by atoms with van der Waals surface area (Å²) in [4.78, 5) is 27.4. The van der Waals surface area contributed by atoms with Crippen molar-refractivity contribution in [1.82, 2.24) is 24.6 Å². The van der Waals surface area contributed by atoms with E-state index in [1.807, 2.05) is 59.4 Å². The first-order valence-electron chi connectivity index (χ1n) is 14.1. The van der Waals surface area contributed by atoms with Crippen LogP contribution < -0.4 is 4.90 Å². The van der Waals surface area contributed by atoms with Crippen molar-refractivity contribution in [3.63, 3.8) is 0 Å². The van der Waals surface area contributed by atoms with Gasteiger partial charge in [0.1, 0.15) is 11.6 Å². The summed E-state index contributed by atoms with van der Waals surface area (Å²) in [7, 11) is 0. The van der Waals surface area contributed by atoms with Gasteiger partial charge in [-0.15, -0.1) is 0 Å². The fourth-order valence-electron chi connectivity index (χ4n) is 5.21. The zero-order chi connectivity index (χ0) is 26.2. The van der Waals surface area contributed by atoms with Crippen LogP contribution in [0.25, 0.3) is 16.7 Å². The topological polar surface area (TPSA) is 67.2 Å². The second-order valence-electron chi connectivity index (χ2n) is 10.1. The van der Waals surface area contributed by atoms with Gasteiger partial charge in [-0.05, 0) is 30.5 Å². The van der Waals surface area contributed by atoms with Crippen LogP contribution in [0.4, 0.5) is 5.82 Å². The van der Waals surface area contributed by atoms with Gasteiger partial charge < -0.3 is 9.80 Å². The molecule has 0 aliphatic carbocycles. The Hall–Kier alpha value is -3.74. The highest BCUT2D eigenvalue weighted by Gasteiger charge is 2.23. The number of carbonyl (C=O) groups is 1. The maximum absolute atomic E-state index is 12.9. The first kappa shape index (κ1) is 25.9. The van der Waals surface area contributed by atoms with Crippen molar-refractivity contribution in [2.45, 2.75) is 58.3 Å². The van der Waals surface area contributed by atoms with E-state index in [-0.39, 0.29) is 5.91 Å². The molecule has 1 saturated heterocycles. The largest absolute Gasteiger partial charge is 0.354 e. The van der Waals surface area contributed by atoms with Crippen LogP contribution in [0.2, 0.25) is 0 Å². The number of hydrogen-bond acceptors (Lipinski definition) is 5. The summed E-state index contributed by atoms with van der Waals surface area (Å²) in [6, 6.07) is 20.5. The SMILES string of the molecule is CCCCCCCC(=O)N1CCCN(c2nc(Cc3ccccc3)nc3c2cnn3-c2ccccc2)CC1. The fraction of sp³-hybridized carbons (Fsp3) is 0.419. The molecule has 0 N–H and O–H groups in total. The molecule has 7 heteroatoms. The van der Waals surface area contributed by atoms with Crippen LogP contribution in [0.15, 0.2) is 66.9 Å². The van der Waals surface area contributed by atoms with Gasteiger partial charge in [0.15, 0.2) is 5.65 Å². The molecule has 1 aliphatic heterocycles. The second kappa shape index (κ2) is 12.7. The molecule has 0 spiro atoms. The van der Waals surface area contributed by atoms with Crippen molar-refractivity contribution in [3.8, 4) is 5.69 Å². The summed E-state index contributed by atoms with van der Waals surface area (Å²) in [6.45, 7) is 5.36. The van der Waals surface area contributed by atoms with Gasteiger partial charge in [-0.2, -0.15) is 5.10 Å². The number of amides is 1. The molecule has 4 aromatic rings. The third-order valence-electron chi connectivity index (χ3n) is 7.30. The zero-order valence-corrected chi connectivity index (χ0v) is 22.4.